The number of nitrogens with zero attached hydrogens (tertiary/aromatic N) is 1. The second-order valence-corrected chi connectivity index (χ2v) is 8.10. The summed E-state index contributed by atoms with van der Waals surface area (Å²) in [7, 11) is 0. The van der Waals surface area contributed by atoms with Gasteiger partial charge in [0.05, 0.1) is 5.69 Å². The molecule has 0 amide bonds. The van der Waals surface area contributed by atoms with E-state index in [4.69, 9.17) is 4.99 Å². The molecule has 0 saturated carbocycles. The van der Waals surface area contributed by atoms with Crippen LogP contribution in [0.4, 0.5) is 5.69 Å². The molecule has 2 nitrogen and oxygen atoms in total. The van der Waals surface area contributed by atoms with Crippen molar-refractivity contribution < 1.29 is 5.11 Å². The minimum Gasteiger partial charge on any atom is -0.508 e. The van der Waals surface area contributed by atoms with Gasteiger partial charge in [-0.2, -0.15) is 0 Å². The molecule has 0 bridgehead atoms. The third-order valence-corrected chi connectivity index (χ3v) is 6.06. The lowest BCUT2D eigenvalue weighted by atomic mass is 10.0. The molecule has 124 valence electrons. The SMILES string of the molecule is Oc1ccc(C2=Nc3ccccc3SC(c3ccc(Br)cc3)C2)cc1. The van der Waals surface area contributed by atoms with Crippen LogP contribution < -0.4 is 0 Å². The van der Waals surface area contributed by atoms with E-state index in [0.29, 0.717) is 5.25 Å². The first-order chi connectivity index (χ1) is 12.2. The lowest BCUT2D eigenvalue weighted by molar-refractivity contribution is 0.475. The van der Waals surface area contributed by atoms with E-state index in [1.807, 2.05) is 30.0 Å². The molecule has 0 spiro atoms. The summed E-state index contributed by atoms with van der Waals surface area (Å²) in [5.41, 5.74) is 4.40. The average molecular weight is 410 g/mol. The Kier molecular flexibility index (Phi) is 4.64. The molecule has 0 radical (unpaired) electrons. The maximum atomic E-state index is 9.58. The van der Waals surface area contributed by atoms with Crippen LogP contribution in [0.3, 0.4) is 0 Å². The molecule has 3 aromatic rings. The van der Waals surface area contributed by atoms with Gasteiger partial charge >= 0.3 is 0 Å². The molecule has 1 unspecified atom stereocenters. The molecular formula is C21H16BrNOS. The van der Waals surface area contributed by atoms with Crippen LogP contribution in [0.25, 0.3) is 0 Å². The second-order valence-electron chi connectivity index (χ2n) is 5.94. The van der Waals surface area contributed by atoms with E-state index in [9.17, 15) is 5.11 Å². The van der Waals surface area contributed by atoms with Gasteiger partial charge in [-0.05, 0) is 59.7 Å². The van der Waals surface area contributed by atoms with Gasteiger partial charge in [0.2, 0.25) is 0 Å². The fourth-order valence-corrected chi connectivity index (χ4v) is 4.41. The minimum absolute atomic E-state index is 0.275. The highest BCUT2D eigenvalue weighted by Crippen LogP contribution is 2.45. The zero-order valence-electron chi connectivity index (χ0n) is 13.4. The Labute approximate surface area is 159 Å². The number of phenols is 1. The van der Waals surface area contributed by atoms with Crippen LogP contribution in [-0.4, -0.2) is 10.8 Å². The number of benzene rings is 3. The molecule has 1 aliphatic heterocycles. The lowest BCUT2D eigenvalue weighted by Gasteiger charge is -2.16. The smallest absolute Gasteiger partial charge is 0.115 e. The van der Waals surface area contributed by atoms with Crippen LogP contribution in [0.1, 0.15) is 22.8 Å². The number of fused-ring (bicyclic) bond motifs is 1. The summed E-state index contributed by atoms with van der Waals surface area (Å²) in [6, 6.07) is 24.1. The number of aromatic hydroxyl groups is 1. The first-order valence-electron chi connectivity index (χ1n) is 8.07. The Morgan fingerprint density at radius 1 is 0.920 bits per heavy atom. The quantitative estimate of drug-likeness (QED) is 0.522. The van der Waals surface area contributed by atoms with Gasteiger partial charge in [-0.1, -0.05) is 40.2 Å². The molecule has 0 saturated heterocycles. The Balaban J connectivity index is 1.78. The number of thioether (sulfide) groups is 1. The largest absolute Gasteiger partial charge is 0.508 e. The summed E-state index contributed by atoms with van der Waals surface area (Å²) in [6.45, 7) is 0. The summed E-state index contributed by atoms with van der Waals surface area (Å²) in [5, 5.41) is 9.87. The molecule has 1 heterocycles. The van der Waals surface area contributed by atoms with Crippen molar-refractivity contribution >= 4 is 39.1 Å². The van der Waals surface area contributed by atoms with Gasteiger partial charge in [-0.3, -0.25) is 4.99 Å². The number of aliphatic imine (C=N–C) groups is 1. The van der Waals surface area contributed by atoms with Crippen LogP contribution in [0.5, 0.6) is 5.75 Å². The van der Waals surface area contributed by atoms with E-state index in [2.05, 4.69) is 58.4 Å². The van der Waals surface area contributed by atoms with Crippen molar-refractivity contribution in [1.82, 2.24) is 0 Å². The van der Waals surface area contributed by atoms with E-state index >= 15 is 0 Å². The van der Waals surface area contributed by atoms with Crippen molar-refractivity contribution in [1.29, 1.82) is 0 Å². The summed E-state index contributed by atoms with van der Waals surface area (Å²) in [4.78, 5) is 6.14. The van der Waals surface area contributed by atoms with E-state index in [0.717, 1.165) is 27.9 Å². The van der Waals surface area contributed by atoms with Gasteiger partial charge in [0.15, 0.2) is 0 Å². The van der Waals surface area contributed by atoms with E-state index in [-0.39, 0.29) is 5.75 Å². The molecule has 3 aromatic carbocycles. The van der Waals surface area contributed by atoms with Crippen LogP contribution in [0.2, 0.25) is 0 Å². The maximum absolute atomic E-state index is 9.58. The van der Waals surface area contributed by atoms with Crippen molar-refractivity contribution in [3.63, 3.8) is 0 Å². The van der Waals surface area contributed by atoms with Crippen molar-refractivity contribution in [2.45, 2.75) is 16.6 Å². The third-order valence-electron chi connectivity index (χ3n) is 4.21. The first-order valence-corrected chi connectivity index (χ1v) is 9.74. The number of rotatable bonds is 2. The summed E-state index contributed by atoms with van der Waals surface area (Å²) < 4.78 is 1.09. The molecule has 0 fully saturated rings. The summed E-state index contributed by atoms with van der Waals surface area (Å²) in [6.07, 6.45) is 0.839. The van der Waals surface area contributed by atoms with Crippen LogP contribution in [0, 0.1) is 0 Å². The van der Waals surface area contributed by atoms with Crippen molar-refractivity contribution in [3.05, 3.63) is 88.4 Å². The minimum atomic E-state index is 0.275. The van der Waals surface area contributed by atoms with Crippen molar-refractivity contribution in [2.24, 2.45) is 4.99 Å². The zero-order valence-corrected chi connectivity index (χ0v) is 15.8. The van der Waals surface area contributed by atoms with Crippen LogP contribution in [-0.2, 0) is 0 Å². The van der Waals surface area contributed by atoms with E-state index in [1.54, 1.807) is 12.1 Å². The van der Waals surface area contributed by atoms with Crippen LogP contribution in [0.15, 0.2) is 87.2 Å². The van der Waals surface area contributed by atoms with Gasteiger partial charge in [-0.15, -0.1) is 11.8 Å². The maximum Gasteiger partial charge on any atom is 0.115 e. The second kappa shape index (κ2) is 7.06. The van der Waals surface area contributed by atoms with Gasteiger partial charge < -0.3 is 5.11 Å². The number of hydrogen-bond acceptors (Lipinski definition) is 3. The first kappa shape index (κ1) is 16.4. The molecule has 4 heteroatoms. The average Bonchev–Trinajstić information content (AvgIpc) is 2.82. The highest BCUT2D eigenvalue weighted by molar-refractivity contribution is 9.10. The Morgan fingerprint density at radius 3 is 2.40 bits per heavy atom. The molecule has 1 atom stereocenters. The fourth-order valence-electron chi connectivity index (χ4n) is 2.91. The number of hydrogen-bond donors (Lipinski definition) is 1. The predicted molar refractivity (Wildman–Crippen MR) is 108 cm³/mol. The van der Waals surface area contributed by atoms with Gasteiger partial charge in [-0.25, -0.2) is 0 Å². The Morgan fingerprint density at radius 2 is 1.64 bits per heavy atom. The van der Waals surface area contributed by atoms with Crippen molar-refractivity contribution in [3.8, 4) is 5.75 Å². The highest BCUT2D eigenvalue weighted by Gasteiger charge is 2.22. The Hall–Kier alpha value is -2.04. The van der Waals surface area contributed by atoms with Gasteiger partial charge in [0, 0.05) is 26.8 Å². The lowest BCUT2D eigenvalue weighted by Crippen LogP contribution is -2.05. The van der Waals surface area contributed by atoms with E-state index in [1.165, 1.54) is 10.5 Å². The summed E-state index contributed by atoms with van der Waals surface area (Å²) >= 11 is 5.37. The predicted octanol–water partition coefficient (Wildman–Crippen LogP) is 6.51. The molecule has 0 aliphatic carbocycles. The molecular weight excluding hydrogens is 394 g/mol. The molecule has 0 aromatic heterocycles. The fraction of sp³-hybridized carbons (Fsp3) is 0.0952. The third kappa shape index (κ3) is 3.65. The molecule has 1 aliphatic rings. The van der Waals surface area contributed by atoms with Crippen LogP contribution >= 0.6 is 27.7 Å². The van der Waals surface area contributed by atoms with Gasteiger partial charge in [0.1, 0.15) is 5.75 Å². The Bertz CT molecular complexity index is 919. The molecule has 4 rings (SSSR count). The standard InChI is InChI=1S/C21H16BrNOS/c22-16-9-5-15(6-10-16)21-13-19(14-7-11-17(24)12-8-14)23-18-3-1-2-4-20(18)25-21/h1-12,21,24H,13H2. The van der Waals surface area contributed by atoms with E-state index < -0.39 is 0 Å². The normalized spacial score (nSPS) is 16.7. The molecule has 25 heavy (non-hydrogen) atoms. The number of phenolic OH excluding ortho intramolecular Hbond substituents is 1. The topological polar surface area (TPSA) is 32.6 Å². The van der Waals surface area contributed by atoms with Crippen molar-refractivity contribution in [2.75, 3.05) is 0 Å². The zero-order chi connectivity index (χ0) is 17.2. The number of para-hydroxylation sites is 1. The highest BCUT2D eigenvalue weighted by atomic mass is 79.9. The summed E-state index contributed by atoms with van der Waals surface area (Å²) in [5.74, 6) is 0.275. The monoisotopic (exact) mass is 409 g/mol. The van der Waals surface area contributed by atoms with Gasteiger partial charge in [0.25, 0.3) is 0 Å². The molecule has 1 N–H and O–H groups in total. The number of halogens is 1.